The fraction of sp³-hybridized carbons (Fsp3) is 0.389. The number of carbonyl (C=O) groups excluding carboxylic acids is 2. The van der Waals surface area contributed by atoms with Crippen molar-refractivity contribution in [1.29, 1.82) is 0 Å². The van der Waals surface area contributed by atoms with Gasteiger partial charge in [0.15, 0.2) is 0 Å². The Labute approximate surface area is 150 Å². The number of benzene rings is 1. The smallest absolute Gasteiger partial charge is 0.266 e. The highest BCUT2D eigenvalue weighted by molar-refractivity contribution is 7.17. The fourth-order valence-corrected chi connectivity index (χ4v) is 4.03. The minimum Gasteiger partial charge on any atom is -0.347 e. The SMILES string of the molecule is Cc1nc(-c2ccc(F)cc2)sc1C(=O)N1CCCC1C(=O)N(C)C. The molecule has 1 aromatic heterocycles. The molecule has 1 unspecified atom stereocenters. The molecule has 132 valence electrons. The molecule has 0 aliphatic carbocycles. The van der Waals surface area contributed by atoms with E-state index in [-0.39, 0.29) is 17.6 Å². The van der Waals surface area contributed by atoms with Crippen LogP contribution in [0.4, 0.5) is 4.39 Å². The molecule has 5 nitrogen and oxygen atoms in total. The van der Waals surface area contributed by atoms with Crippen LogP contribution in [-0.2, 0) is 4.79 Å². The second kappa shape index (κ2) is 6.92. The Morgan fingerprint density at radius 1 is 1.28 bits per heavy atom. The third kappa shape index (κ3) is 3.42. The number of carbonyl (C=O) groups is 2. The van der Waals surface area contributed by atoms with E-state index in [9.17, 15) is 14.0 Å². The van der Waals surface area contributed by atoms with Crippen molar-refractivity contribution in [2.24, 2.45) is 0 Å². The first-order valence-electron chi connectivity index (χ1n) is 8.14. The van der Waals surface area contributed by atoms with Crippen LogP contribution < -0.4 is 0 Å². The quantitative estimate of drug-likeness (QED) is 0.845. The molecule has 2 heterocycles. The highest BCUT2D eigenvalue weighted by Gasteiger charge is 2.36. The van der Waals surface area contributed by atoms with Gasteiger partial charge in [0, 0.05) is 26.2 Å². The van der Waals surface area contributed by atoms with Crippen LogP contribution in [0.2, 0.25) is 0 Å². The predicted molar refractivity (Wildman–Crippen MR) is 95.0 cm³/mol. The van der Waals surface area contributed by atoms with Crippen molar-refractivity contribution in [3.63, 3.8) is 0 Å². The Morgan fingerprint density at radius 3 is 2.60 bits per heavy atom. The van der Waals surface area contributed by atoms with E-state index in [1.54, 1.807) is 38.1 Å². The lowest BCUT2D eigenvalue weighted by atomic mass is 10.2. The van der Waals surface area contributed by atoms with E-state index in [1.807, 2.05) is 0 Å². The van der Waals surface area contributed by atoms with Crippen molar-refractivity contribution in [1.82, 2.24) is 14.8 Å². The molecular formula is C18H20FN3O2S. The molecule has 0 spiro atoms. The van der Waals surface area contributed by atoms with Crippen LogP contribution in [-0.4, -0.2) is 53.3 Å². The van der Waals surface area contributed by atoms with Gasteiger partial charge in [-0.1, -0.05) is 0 Å². The van der Waals surface area contributed by atoms with Gasteiger partial charge < -0.3 is 9.80 Å². The molecule has 0 N–H and O–H groups in total. The number of thiazole rings is 1. The number of nitrogens with zero attached hydrogens (tertiary/aromatic N) is 3. The standard InChI is InChI=1S/C18H20FN3O2S/c1-11-15(25-16(20-11)12-6-8-13(19)9-7-12)18(24)22-10-4-5-14(22)17(23)21(2)3/h6-9,14H,4-5,10H2,1-3H3. The Hall–Kier alpha value is -2.28. The van der Waals surface area contributed by atoms with Crippen molar-refractivity contribution in [3.05, 3.63) is 40.7 Å². The summed E-state index contributed by atoms with van der Waals surface area (Å²) >= 11 is 1.29. The number of aromatic nitrogens is 1. The summed E-state index contributed by atoms with van der Waals surface area (Å²) in [7, 11) is 3.40. The van der Waals surface area contributed by atoms with Crippen molar-refractivity contribution in [3.8, 4) is 10.6 Å². The van der Waals surface area contributed by atoms with Crippen LogP contribution in [0.15, 0.2) is 24.3 Å². The summed E-state index contributed by atoms with van der Waals surface area (Å²) in [6.07, 6.45) is 1.50. The maximum atomic E-state index is 13.1. The molecule has 0 saturated carbocycles. The van der Waals surface area contributed by atoms with E-state index >= 15 is 0 Å². The molecular weight excluding hydrogens is 341 g/mol. The van der Waals surface area contributed by atoms with Crippen LogP contribution in [0.3, 0.4) is 0 Å². The summed E-state index contributed by atoms with van der Waals surface area (Å²) in [5.41, 5.74) is 1.41. The van der Waals surface area contributed by atoms with E-state index in [1.165, 1.54) is 28.4 Å². The average molecular weight is 361 g/mol. The number of amides is 2. The van der Waals surface area contributed by atoms with Crippen LogP contribution >= 0.6 is 11.3 Å². The highest BCUT2D eigenvalue weighted by atomic mass is 32.1. The summed E-state index contributed by atoms with van der Waals surface area (Å²) in [6.45, 7) is 2.36. The topological polar surface area (TPSA) is 53.5 Å². The molecule has 1 aliphatic rings. The molecule has 2 aromatic rings. The Kier molecular flexibility index (Phi) is 4.85. The van der Waals surface area contributed by atoms with Gasteiger partial charge in [0.25, 0.3) is 5.91 Å². The lowest BCUT2D eigenvalue weighted by Crippen LogP contribution is -2.45. The molecule has 0 radical (unpaired) electrons. The van der Waals surface area contributed by atoms with Crippen molar-refractivity contribution in [2.75, 3.05) is 20.6 Å². The normalized spacial score (nSPS) is 17.0. The first kappa shape index (κ1) is 17.5. The van der Waals surface area contributed by atoms with Crippen LogP contribution in [0.5, 0.6) is 0 Å². The molecule has 1 aromatic carbocycles. The second-order valence-electron chi connectivity index (χ2n) is 6.33. The number of halogens is 1. The summed E-state index contributed by atoms with van der Waals surface area (Å²) < 4.78 is 13.1. The number of hydrogen-bond donors (Lipinski definition) is 0. The summed E-state index contributed by atoms with van der Waals surface area (Å²) in [4.78, 5) is 33.5. The molecule has 2 amide bonds. The average Bonchev–Trinajstić information content (AvgIpc) is 3.21. The van der Waals surface area contributed by atoms with Gasteiger partial charge in [0.05, 0.1) is 5.69 Å². The summed E-state index contributed by atoms with van der Waals surface area (Å²) in [5.74, 6) is -0.511. The number of rotatable bonds is 3. The lowest BCUT2D eigenvalue weighted by molar-refractivity contribution is -0.132. The van der Waals surface area contributed by atoms with E-state index in [0.29, 0.717) is 28.5 Å². The maximum absolute atomic E-state index is 13.1. The molecule has 1 aliphatic heterocycles. The molecule has 7 heteroatoms. The first-order valence-corrected chi connectivity index (χ1v) is 8.95. The second-order valence-corrected chi connectivity index (χ2v) is 7.33. The zero-order valence-electron chi connectivity index (χ0n) is 14.5. The first-order chi connectivity index (χ1) is 11.9. The van der Waals surface area contributed by atoms with Crippen molar-refractivity contribution >= 4 is 23.2 Å². The van der Waals surface area contributed by atoms with Gasteiger partial charge in [0.2, 0.25) is 5.91 Å². The van der Waals surface area contributed by atoms with Gasteiger partial charge in [0.1, 0.15) is 21.7 Å². The minimum absolute atomic E-state index is 0.0493. The molecule has 25 heavy (non-hydrogen) atoms. The third-order valence-electron chi connectivity index (χ3n) is 4.32. The zero-order chi connectivity index (χ0) is 18.1. The third-order valence-corrected chi connectivity index (χ3v) is 5.52. The van der Waals surface area contributed by atoms with E-state index < -0.39 is 6.04 Å². The van der Waals surface area contributed by atoms with Gasteiger partial charge in [-0.2, -0.15) is 0 Å². The Bertz CT molecular complexity index is 801. The van der Waals surface area contributed by atoms with Crippen molar-refractivity contribution in [2.45, 2.75) is 25.8 Å². The summed E-state index contributed by atoms with van der Waals surface area (Å²) in [6, 6.07) is 5.64. The Morgan fingerprint density at radius 2 is 1.96 bits per heavy atom. The number of likely N-dealkylation sites (N-methyl/N-ethyl adjacent to an activating group) is 1. The summed E-state index contributed by atoms with van der Waals surface area (Å²) in [5, 5.41) is 0.676. The van der Waals surface area contributed by atoms with Gasteiger partial charge in [-0.15, -0.1) is 11.3 Å². The fourth-order valence-electron chi connectivity index (χ4n) is 3.01. The molecule has 1 saturated heterocycles. The monoisotopic (exact) mass is 361 g/mol. The van der Waals surface area contributed by atoms with E-state index in [4.69, 9.17) is 0 Å². The lowest BCUT2D eigenvalue weighted by Gasteiger charge is -2.25. The van der Waals surface area contributed by atoms with E-state index in [0.717, 1.165) is 12.0 Å². The van der Waals surface area contributed by atoms with E-state index in [2.05, 4.69) is 4.98 Å². The van der Waals surface area contributed by atoms with Crippen LogP contribution in [0, 0.1) is 12.7 Å². The minimum atomic E-state index is -0.404. The molecule has 0 bridgehead atoms. The largest absolute Gasteiger partial charge is 0.347 e. The predicted octanol–water partition coefficient (Wildman–Crippen LogP) is 2.95. The molecule has 1 atom stereocenters. The zero-order valence-corrected chi connectivity index (χ0v) is 15.3. The van der Waals surface area contributed by atoms with Gasteiger partial charge in [-0.3, -0.25) is 9.59 Å². The van der Waals surface area contributed by atoms with Gasteiger partial charge >= 0.3 is 0 Å². The van der Waals surface area contributed by atoms with Gasteiger partial charge in [-0.25, -0.2) is 9.37 Å². The van der Waals surface area contributed by atoms with Crippen molar-refractivity contribution < 1.29 is 14.0 Å². The number of aryl methyl sites for hydroxylation is 1. The number of likely N-dealkylation sites (tertiary alicyclic amines) is 1. The van der Waals surface area contributed by atoms with Crippen LogP contribution in [0.1, 0.15) is 28.2 Å². The number of hydrogen-bond acceptors (Lipinski definition) is 4. The van der Waals surface area contributed by atoms with Gasteiger partial charge in [-0.05, 0) is 44.0 Å². The molecule has 3 rings (SSSR count). The maximum Gasteiger partial charge on any atom is 0.266 e. The highest BCUT2D eigenvalue weighted by Crippen LogP contribution is 2.31. The Balaban J connectivity index is 1.87. The molecule has 1 fully saturated rings. The van der Waals surface area contributed by atoms with Crippen LogP contribution in [0.25, 0.3) is 10.6 Å².